The Morgan fingerprint density at radius 1 is 1.19 bits per heavy atom. The van der Waals surface area contributed by atoms with E-state index < -0.39 is 0 Å². The summed E-state index contributed by atoms with van der Waals surface area (Å²) >= 11 is 0. The molecule has 1 amide bonds. The second-order valence-electron chi connectivity index (χ2n) is 7.57. The topological polar surface area (TPSA) is 104 Å². The Hall–Kier alpha value is -3.70. The molecule has 1 aliphatic rings. The summed E-state index contributed by atoms with van der Waals surface area (Å²) in [5.74, 6) is 0.290. The molecule has 2 aromatic heterocycles. The van der Waals surface area contributed by atoms with Crippen LogP contribution in [0.5, 0.6) is 5.88 Å². The maximum atomic E-state index is 12.7. The molecule has 4 rings (SSSR count). The van der Waals surface area contributed by atoms with Gasteiger partial charge in [0.05, 0.1) is 35.1 Å². The quantitative estimate of drug-likeness (QED) is 0.700. The van der Waals surface area contributed by atoms with Crippen LogP contribution in [0.1, 0.15) is 34.3 Å². The van der Waals surface area contributed by atoms with Crippen molar-refractivity contribution in [3.8, 4) is 28.9 Å². The van der Waals surface area contributed by atoms with Crippen LogP contribution < -0.4 is 0 Å². The van der Waals surface area contributed by atoms with E-state index in [4.69, 9.17) is 10.00 Å². The molecule has 0 radical (unpaired) electrons. The molecule has 1 aliphatic heterocycles. The highest BCUT2D eigenvalue weighted by atomic mass is 16.5. The van der Waals surface area contributed by atoms with Gasteiger partial charge in [-0.25, -0.2) is 4.98 Å². The Morgan fingerprint density at radius 3 is 2.58 bits per heavy atom. The minimum atomic E-state index is -0.0628. The molecular weight excluding hydrogens is 394 g/mol. The minimum Gasteiger partial charge on any atom is -0.493 e. The third-order valence-corrected chi connectivity index (χ3v) is 5.66. The van der Waals surface area contributed by atoms with Crippen LogP contribution in [0.3, 0.4) is 0 Å². The van der Waals surface area contributed by atoms with E-state index in [9.17, 15) is 9.90 Å². The van der Waals surface area contributed by atoms with Gasteiger partial charge in [0.2, 0.25) is 5.88 Å². The number of likely N-dealkylation sites (tertiary alicyclic amines) is 1. The smallest absolute Gasteiger partial charge is 0.255 e. The fourth-order valence-corrected chi connectivity index (χ4v) is 3.85. The molecule has 0 saturated carbocycles. The number of nitriles is 1. The lowest BCUT2D eigenvalue weighted by atomic mass is 10.0. The van der Waals surface area contributed by atoms with Crippen molar-refractivity contribution in [1.82, 2.24) is 19.7 Å². The minimum absolute atomic E-state index is 0.0546. The van der Waals surface area contributed by atoms with Crippen LogP contribution >= 0.6 is 0 Å². The molecule has 0 unspecified atom stereocenters. The van der Waals surface area contributed by atoms with Crippen LogP contribution in [0.15, 0.2) is 42.7 Å². The Kier molecular flexibility index (Phi) is 5.69. The SMILES string of the molecule is COC1CCN(C(=O)c2ccc(-n3ncc(-c4ccc(C#N)cc4C)c3O)nc2)CC1. The lowest BCUT2D eigenvalue weighted by Crippen LogP contribution is -2.40. The molecule has 158 valence electrons. The Morgan fingerprint density at radius 2 is 1.97 bits per heavy atom. The number of piperidine rings is 1. The molecule has 8 nitrogen and oxygen atoms in total. The van der Waals surface area contributed by atoms with Crippen LogP contribution in [0.2, 0.25) is 0 Å². The Balaban J connectivity index is 1.54. The van der Waals surface area contributed by atoms with Crippen molar-refractivity contribution < 1.29 is 14.6 Å². The van der Waals surface area contributed by atoms with Crippen molar-refractivity contribution >= 4 is 5.91 Å². The number of aromatic nitrogens is 3. The van der Waals surface area contributed by atoms with Gasteiger partial charge in [0, 0.05) is 26.4 Å². The summed E-state index contributed by atoms with van der Waals surface area (Å²) in [5.41, 5.74) is 3.25. The molecule has 1 N–H and O–H groups in total. The van der Waals surface area contributed by atoms with E-state index in [0.717, 1.165) is 24.0 Å². The number of rotatable bonds is 4. The van der Waals surface area contributed by atoms with Crippen molar-refractivity contribution in [3.63, 3.8) is 0 Å². The number of amides is 1. The first kappa shape index (κ1) is 20.6. The standard InChI is InChI=1S/C23H23N5O3/c1-15-11-16(12-24)3-5-19(15)20-14-26-28(23(20)30)21-6-4-17(13-25-21)22(29)27-9-7-18(31-2)8-10-27/h3-6,11,13-14,18,30H,7-10H2,1-2H3. The lowest BCUT2D eigenvalue weighted by Gasteiger charge is -2.31. The van der Waals surface area contributed by atoms with Gasteiger partial charge in [-0.05, 0) is 55.2 Å². The highest BCUT2D eigenvalue weighted by molar-refractivity contribution is 5.94. The number of hydrogen-bond donors (Lipinski definition) is 1. The first-order chi connectivity index (χ1) is 15.0. The van der Waals surface area contributed by atoms with E-state index in [1.54, 1.807) is 43.6 Å². The molecule has 0 atom stereocenters. The number of ether oxygens (including phenoxy) is 1. The molecule has 3 aromatic rings. The fraction of sp³-hybridized carbons (Fsp3) is 0.304. The highest BCUT2D eigenvalue weighted by Crippen LogP contribution is 2.33. The van der Waals surface area contributed by atoms with Crippen molar-refractivity contribution in [3.05, 3.63) is 59.4 Å². The van der Waals surface area contributed by atoms with Gasteiger partial charge in [-0.3, -0.25) is 4.79 Å². The summed E-state index contributed by atoms with van der Waals surface area (Å²) in [5, 5.41) is 24.0. The van der Waals surface area contributed by atoms with Gasteiger partial charge in [0.1, 0.15) is 0 Å². The lowest BCUT2D eigenvalue weighted by molar-refractivity contribution is 0.0350. The first-order valence-electron chi connectivity index (χ1n) is 10.1. The number of pyridine rings is 1. The normalized spacial score (nSPS) is 14.4. The summed E-state index contributed by atoms with van der Waals surface area (Å²) in [6, 6.07) is 10.7. The van der Waals surface area contributed by atoms with E-state index in [-0.39, 0.29) is 17.9 Å². The number of nitrogens with zero attached hydrogens (tertiary/aromatic N) is 5. The number of carbonyl (C=O) groups is 1. The largest absolute Gasteiger partial charge is 0.493 e. The third kappa shape index (κ3) is 4.00. The number of methoxy groups -OCH3 is 1. The maximum Gasteiger partial charge on any atom is 0.255 e. The van der Waals surface area contributed by atoms with Gasteiger partial charge in [0.15, 0.2) is 5.82 Å². The van der Waals surface area contributed by atoms with Gasteiger partial charge in [0.25, 0.3) is 5.91 Å². The molecule has 31 heavy (non-hydrogen) atoms. The molecule has 1 saturated heterocycles. The van der Waals surface area contributed by atoms with Crippen LogP contribution in [-0.2, 0) is 4.74 Å². The third-order valence-electron chi connectivity index (χ3n) is 5.66. The van der Waals surface area contributed by atoms with E-state index in [0.29, 0.717) is 35.6 Å². The Labute approximate surface area is 180 Å². The molecule has 3 heterocycles. The van der Waals surface area contributed by atoms with Crippen LogP contribution in [0, 0.1) is 18.3 Å². The fourth-order valence-electron chi connectivity index (χ4n) is 3.85. The van der Waals surface area contributed by atoms with Gasteiger partial charge < -0.3 is 14.7 Å². The second-order valence-corrected chi connectivity index (χ2v) is 7.57. The zero-order chi connectivity index (χ0) is 22.0. The summed E-state index contributed by atoms with van der Waals surface area (Å²) < 4.78 is 6.68. The predicted octanol–water partition coefficient (Wildman–Crippen LogP) is 3.07. The number of aryl methyl sites for hydroxylation is 1. The zero-order valence-corrected chi connectivity index (χ0v) is 17.4. The van der Waals surface area contributed by atoms with Crippen LogP contribution in [-0.4, -0.2) is 57.0 Å². The summed E-state index contributed by atoms with van der Waals surface area (Å²) in [6.45, 7) is 3.19. The van der Waals surface area contributed by atoms with E-state index in [1.165, 1.54) is 10.9 Å². The van der Waals surface area contributed by atoms with E-state index in [1.807, 2.05) is 11.8 Å². The van der Waals surface area contributed by atoms with Crippen LogP contribution in [0.25, 0.3) is 16.9 Å². The summed E-state index contributed by atoms with van der Waals surface area (Å²) in [4.78, 5) is 18.9. The maximum absolute atomic E-state index is 12.7. The molecule has 0 spiro atoms. The zero-order valence-electron chi connectivity index (χ0n) is 17.4. The molecule has 0 bridgehead atoms. The van der Waals surface area contributed by atoms with Crippen molar-refractivity contribution in [2.45, 2.75) is 25.9 Å². The highest BCUT2D eigenvalue weighted by Gasteiger charge is 2.24. The van der Waals surface area contributed by atoms with E-state index in [2.05, 4.69) is 16.2 Å². The van der Waals surface area contributed by atoms with E-state index >= 15 is 0 Å². The molecule has 0 aliphatic carbocycles. The number of hydrogen-bond acceptors (Lipinski definition) is 6. The number of carbonyl (C=O) groups excluding carboxylic acids is 1. The number of benzene rings is 1. The predicted molar refractivity (Wildman–Crippen MR) is 114 cm³/mol. The summed E-state index contributed by atoms with van der Waals surface area (Å²) in [6.07, 6.45) is 4.93. The Bertz CT molecular complexity index is 1140. The van der Waals surface area contributed by atoms with Crippen molar-refractivity contribution in [2.75, 3.05) is 20.2 Å². The monoisotopic (exact) mass is 417 g/mol. The average Bonchev–Trinajstić information content (AvgIpc) is 3.19. The van der Waals surface area contributed by atoms with Gasteiger partial charge in [-0.1, -0.05) is 6.07 Å². The number of aromatic hydroxyl groups is 1. The molecular formula is C23H23N5O3. The second kappa shape index (κ2) is 8.58. The summed E-state index contributed by atoms with van der Waals surface area (Å²) in [7, 11) is 1.70. The van der Waals surface area contributed by atoms with Gasteiger partial charge in [-0.2, -0.15) is 15.0 Å². The molecule has 1 fully saturated rings. The average molecular weight is 417 g/mol. The molecule has 8 heteroatoms. The van der Waals surface area contributed by atoms with Crippen molar-refractivity contribution in [2.24, 2.45) is 0 Å². The molecule has 1 aromatic carbocycles. The van der Waals surface area contributed by atoms with Crippen LogP contribution in [0.4, 0.5) is 0 Å². The van der Waals surface area contributed by atoms with Crippen molar-refractivity contribution in [1.29, 1.82) is 5.26 Å². The van der Waals surface area contributed by atoms with Gasteiger partial charge >= 0.3 is 0 Å². The van der Waals surface area contributed by atoms with Gasteiger partial charge in [-0.15, -0.1) is 0 Å². The first-order valence-corrected chi connectivity index (χ1v) is 10.1.